The van der Waals surface area contributed by atoms with Gasteiger partial charge in [0, 0.05) is 38.1 Å². The van der Waals surface area contributed by atoms with Crippen molar-refractivity contribution in [2.24, 2.45) is 0 Å². The summed E-state index contributed by atoms with van der Waals surface area (Å²) in [5.41, 5.74) is 7.04. The summed E-state index contributed by atoms with van der Waals surface area (Å²) in [5.74, 6) is 0.404. The van der Waals surface area contributed by atoms with Crippen molar-refractivity contribution in [3.8, 4) is 32.8 Å². The van der Waals surface area contributed by atoms with Gasteiger partial charge in [0.15, 0.2) is 5.78 Å². The van der Waals surface area contributed by atoms with Crippen LogP contribution >= 0.6 is 11.3 Å². The molecule has 0 bridgehead atoms. The van der Waals surface area contributed by atoms with E-state index in [1.807, 2.05) is 17.5 Å². The number of ketones is 1. The topological polar surface area (TPSA) is 50.2 Å². The first-order chi connectivity index (χ1) is 19.8. The van der Waals surface area contributed by atoms with Gasteiger partial charge in [0.1, 0.15) is 0 Å². The zero-order valence-electron chi connectivity index (χ0n) is 24.0. The van der Waals surface area contributed by atoms with Gasteiger partial charge >= 0.3 is 0 Å². The molecule has 0 saturated carbocycles. The second-order valence-electron chi connectivity index (χ2n) is 10.4. The number of carbonyl (C=O) groups excluding carboxylic acids is 1. The molecule has 0 atom stereocenters. The molecule has 213 valence electrons. The van der Waals surface area contributed by atoms with Gasteiger partial charge in [-0.1, -0.05) is 104 Å². The minimum absolute atomic E-state index is 0. The second kappa shape index (κ2) is 13.8. The zero-order chi connectivity index (χ0) is 28.9. The summed E-state index contributed by atoms with van der Waals surface area (Å²) < 4.78 is 1.26. The number of rotatable bonds is 5. The molecule has 0 aliphatic heterocycles. The molecule has 1 N–H and O–H groups in total. The molecule has 0 unspecified atom stereocenters. The molecule has 0 amide bonds. The number of benzene rings is 4. The molecule has 0 fully saturated rings. The molecule has 5 heteroatoms. The first-order valence-electron chi connectivity index (χ1n) is 13.7. The van der Waals surface area contributed by atoms with Gasteiger partial charge in [0.05, 0.1) is 5.76 Å². The Hall–Kier alpha value is -3.89. The van der Waals surface area contributed by atoms with Crippen LogP contribution in [0.5, 0.6) is 0 Å². The molecule has 6 rings (SSSR count). The number of carbonyl (C=O) groups is 1. The first kappa shape index (κ1) is 31.1. The van der Waals surface area contributed by atoms with E-state index in [4.69, 9.17) is 10.1 Å². The van der Waals surface area contributed by atoms with Crippen molar-refractivity contribution in [1.29, 1.82) is 0 Å². The van der Waals surface area contributed by atoms with Crippen molar-refractivity contribution >= 4 is 38.0 Å². The standard InChI is InChI=1S/C32H24NS.C5H8O2.Ir/c1-21(2)25-14-13-23-15-16-33-31(28(23)18-25)26-17-27-20-30(24-11-7-4-8-12-24)34-32(27)29(19-26)22-9-5-3-6-10-22;1-4(6)3-5(2)7;/h3-16,18-21H,1-2H3;3,6H,1-2H3;/q-1;;/b;4-3-;. The quantitative estimate of drug-likeness (QED) is 0.109. The van der Waals surface area contributed by atoms with E-state index in [1.54, 1.807) is 0 Å². The van der Waals surface area contributed by atoms with Crippen LogP contribution in [0.4, 0.5) is 0 Å². The van der Waals surface area contributed by atoms with E-state index in [-0.39, 0.29) is 31.6 Å². The number of fused-ring (bicyclic) bond motifs is 2. The fraction of sp³-hybridized carbons (Fsp3) is 0.135. The Balaban J connectivity index is 0.000000454. The minimum Gasteiger partial charge on any atom is -0.512 e. The average Bonchev–Trinajstić information content (AvgIpc) is 3.41. The van der Waals surface area contributed by atoms with Gasteiger partial charge in [-0.15, -0.1) is 23.6 Å². The Bertz CT molecular complexity index is 1850. The first-order valence-corrected chi connectivity index (χ1v) is 14.5. The van der Waals surface area contributed by atoms with Crippen LogP contribution in [0.15, 0.2) is 115 Å². The molecule has 42 heavy (non-hydrogen) atoms. The molecular formula is C37H32IrNO2S-. The summed E-state index contributed by atoms with van der Waals surface area (Å²) in [4.78, 5) is 16.1. The molecule has 1 radical (unpaired) electrons. The van der Waals surface area contributed by atoms with E-state index < -0.39 is 0 Å². The molecule has 2 heterocycles. The molecule has 3 nitrogen and oxygen atoms in total. The number of hydrogen-bond acceptors (Lipinski definition) is 4. The molecule has 0 aliphatic rings. The number of aliphatic hydroxyl groups is 1. The largest absolute Gasteiger partial charge is 0.512 e. The number of aliphatic hydroxyl groups excluding tert-OH is 1. The van der Waals surface area contributed by atoms with Gasteiger partial charge in [0.2, 0.25) is 0 Å². The van der Waals surface area contributed by atoms with Crippen LogP contribution in [-0.4, -0.2) is 15.9 Å². The third kappa shape index (κ3) is 7.11. The van der Waals surface area contributed by atoms with Crippen LogP contribution in [-0.2, 0) is 24.9 Å². The predicted molar refractivity (Wildman–Crippen MR) is 173 cm³/mol. The fourth-order valence-electron chi connectivity index (χ4n) is 4.83. The van der Waals surface area contributed by atoms with E-state index in [9.17, 15) is 4.79 Å². The van der Waals surface area contributed by atoms with Gasteiger partial charge in [-0.05, 0) is 62.9 Å². The van der Waals surface area contributed by atoms with Crippen LogP contribution < -0.4 is 0 Å². The summed E-state index contributed by atoms with van der Waals surface area (Å²) >= 11 is 1.83. The van der Waals surface area contributed by atoms with Crippen molar-refractivity contribution in [1.82, 2.24) is 4.98 Å². The molecular weight excluding hydrogens is 715 g/mol. The van der Waals surface area contributed by atoms with Gasteiger partial charge in [-0.3, -0.25) is 9.78 Å². The summed E-state index contributed by atoms with van der Waals surface area (Å²) in [7, 11) is 0. The molecule has 0 saturated heterocycles. The average molecular weight is 747 g/mol. The monoisotopic (exact) mass is 747 g/mol. The zero-order valence-corrected chi connectivity index (χ0v) is 27.2. The van der Waals surface area contributed by atoms with Crippen molar-refractivity contribution < 1.29 is 30.0 Å². The molecule has 4 aromatic carbocycles. The van der Waals surface area contributed by atoms with Crippen molar-refractivity contribution in [2.45, 2.75) is 33.6 Å². The minimum atomic E-state index is -0.125. The predicted octanol–water partition coefficient (Wildman–Crippen LogP) is 10.4. The van der Waals surface area contributed by atoms with Crippen molar-refractivity contribution in [2.75, 3.05) is 0 Å². The maximum absolute atomic E-state index is 10.0. The maximum atomic E-state index is 10.0. The maximum Gasteiger partial charge on any atom is 0.155 e. The number of pyridine rings is 1. The van der Waals surface area contributed by atoms with Gasteiger partial charge in [-0.25, -0.2) is 0 Å². The Morgan fingerprint density at radius 2 is 1.55 bits per heavy atom. The van der Waals surface area contributed by atoms with Gasteiger partial charge in [0.25, 0.3) is 0 Å². The second-order valence-corrected chi connectivity index (χ2v) is 11.4. The van der Waals surface area contributed by atoms with Crippen LogP contribution in [0.1, 0.15) is 39.2 Å². The number of aromatic nitrogens is 1. The summed E-state index contributed by atoms with van der Waals surface area (Å²) in [6.45, 7) is 7.32. The van der Waals surface area contributed by atoms with E-state index in [0.717, 1.165) is 16.6 Å². The molecule has 2 aromatic heterocycles. The molecule has 6 aromatic rings. The number of thiophene rings is 1. The van der Waals surface area contributed by atoms with Crippen LogP contribution in [0.25, 0.3) is 53.7 Å². The SMILES string of the molecule is CC(=O)/C=C(/C)O.CC(C)c1ccc2ccnc(-c3[c-]c4cc(-c5ccccc5)sc4c(-c4ccccc4)c3)c2c1.[Ir]. The number of nitrogens with zero attached hydrogens (tertiary/aromatic N) is 1. The third-order valence-electron chi connectivity index (χ3n) is 6.80. The van der Waals surface area contributed by atoms with E-state index >= 15 is 0 Å². The number of hydrogen-bond donors (Lipinski definition) is 1. The van der Waals surface area contributed by atoms with Crippen molar-refractivity contribution in [3.63, 3.8) is 0 Å². The van der Waals surface area contributed by atoms with E-state index in [0.29, 0.717) is 5.92 Å². The summed E-state index contributed by atoms with van der Waals surface area (Å²) in [6, 6.07) is 38.4. The van der Waals surface area contributed by atoms with E-state index in [1.165, 1.54) is 62.5 Å². The van der Waals surface area contributed by atoms with E-state index in [2.05, 4.69) is 117 Å². The Morgan fingerprint density at radius 3 is 2.14 bits per heavy atom. The molecule has 0 spiro atoms. The smallest absolute Gasteiger partial charge is 0.155 e. The Labute approximate surface area is 264 Å². The normalized spacial score (nSPS) is 11.2. The Morgan fingerprint density at radius 1 is 0.881 bits per heavy atom. The molecule has 0 aliphatic carbocycles. The third-order valence-corrected chi connectivity index (χ3v) is 8.02. The van der Waals surface area contributed by atoms with Crippen LogP contribution in [0.2, 0.25) is 0 Å². The summed E-state index contributed by atoms with van der Waals surface area (Å²) in [6.07, 6.45) is 3.08. The fourth-order valence-corrected chi connectivity index (χ4v) is 5.99. The summed E-state index contributed by atoms with van der Waals surface area (Å²) in [5, 5.41) is 11.9. The van der Waals surface area contributed by atoms with Crippen LogP contribution in [0.3, 0.4) is 0 Å². The van der Waals surface area contributed by atoms with Gasteiger partial charge in [-0.2, -0.15) is 11.3 Å². The van der Waals surface area contributed by atoms with Gasteiger partial charge < -0.3 is 5.11 Å². The van der Waals surface area contributed by atoms with Crippen LogP contribution in [0, 0.1) is 6.07 Å². The number of allylic oxidation sites excluding steroid dienone is 2. The Kier molecular flexibility index (Phi) is 10.2. The van der Waals surface area contributed by atoms with Crippen molar-refractivity contribution in [3.05, 3.63) is 127 Å².